The standard InChI is InChI=1S/C17H18ClN5O4/c18-10-4-2-1-3-9(10)5-19-15-12-16(21-7-20-15)23(8-22-12)17-14(26)13(25)11(6-24)27-17/h1-4,7-8,11,13-14,17,24-26H,5-6H2,(H,19,20,21)/t11-,13-,14-,17-/m1/s1. The summed E-state index contributed by atoms with van der Waals surface area (Å²) >= 11 is 6.18. The lowest BCUT2D eigenvalue weighted by Crippen LogP contribution is -2.33. The van der Waals surface area contributed by atoms with Crippen LogP contribution in [0, 0.1) is 0 Å². The second-order valence-electron chi connectivity index (χ2n) is 6.22. The summed E-state index contributed by atoms with van der Waals surface area (Å²) in [5.74, 6) is 0.505. The van der Waals surface area contributed by atoms with Gasteiger partial charge in [0.2, 0.25) is 0 Å². The molecule has 0 bridgehead atoms. The monoisotopic (exact) mass is 391 g/mol. The van der Waals surface area contributed by atoms with Crippen molar-refractivity contribution in [1.29, 1.82) is 0 Å². The third-order valence-corrected chi connectivity index (χ3v) is 4.92. The molecule has 1 saturated heterocycles. The summed E-state index contributed by atoms with van der Waals surface area (Å²) in [6.07, 6.45) is -1.36. The van der Waals surface area contributed by atoms with Crippen LogP contribution in [0.4, 0.5) is 5.82 Å². The summed E-state index contributed by atoms with van der Waals surface area (Å²) < 4.78 is 7.06. The molecule has 9 nitrogen and oxygen atoms in total. The first-order chi connectivity index (χ1) is 13.1. The van der Waals surface area contributed by atoms with Crippen molar-refractivity contribution in [3.8, 4) is 0 Å². The van der Waals surface area contributed by atoms with Crippen molar-refractivity contribution in [2.45, 2.75) is 31.1 Å². The number of nitrogens with one attached hydrogen (secondary N) is 1. The van der Waals surface area contributed by atoms with Crippen LogP contribution in [0.25, 0.3) is 11.2 Å². The fraction of sp³-hybridized carbons (Fsp3) is 0.353. The second-order valence-corrected chi connectivity index (χ2v) is 6.63. The fourth-order valence-corrected chi connectivity index (χ4v) is 3.30. The zero-order valence-corrected chi connectivity index (χ0v) is 14.9. The van der Waals surface area contributed by atoms with Crippen LogP contribution in [0.2, 0.25) is 5.02 Å². The Kier molecular flexibility index (Phi) is 4.94. The summed E-state index contributed by atoms with van der Waals surface area (Å²) in [6.45, 7) is 0.0491. The van der Waals surface area contributed by atoms with Gasteiger partial charge >= 0.3 is 0 Å². The van der Waals surface area contributed by atoms with Gasteiger partial charge < -0.3 is 25.4 Å². The van der Waals surface area contributed by atoms with Crippen molar-refractivity contribution < 1.29 is 20.1 Å². The number of rotatable bonds is 5. The number of aromatic nitrogens is 4. The Morgan fingerprint density at radius 1 is 1.15 bits per heavy atom. The number of halogens is 1. The highest BCUT2D eigenvalue weighted by molar-refractivity contribution is 6.31. The molecule has 0 spiro atoms. The maximum absolute atomic E-state index is 10.2. The van der Waals surface area contributed by atoms with Crippen LogP contribution >= 0.6 is 11.6 Å². The largest absolute Gasteiger partial charge is 0.394 e. The van der Waals surface area contributed by atoms with Gasteiger partial charge in [-0.2, -0.15) is 0 Å². The van der Waals surface area contributed by atoms with E-state index in [0.717, 1.165) is 5.56 Å². The molecule has 0 amide bonds. The zero-order chi connectivity index (χ0) is 19.0. The molecule has 1 fully saturated rings. The highest BCUT2D eigenvalue weighted by atomic mass is 35.5. The number of aliphatic hydroxyl groups is 3. The van der Waals surface area contributed by atoms with E-state index in [1.165, 1.54) is 17.2 Å². The van der Waals surface area contributed by atoms with Gasteiger partial charge in [-0.05, 0) is 11.6 Å². The van der Waals surface area contributed by atoms with E-state index in [9.17, 15) is 15.3 Å². The molecule has 1 aliphatic heterocycles. The van der Waals surface area contributed by atoms with Crippen molar-refractivity contribution in [1.82, 2.24) is 19.5 Å². The van der Waals surface area contributed by atoms with E-state index in [4.69, 9.17) is 16.3 Å². The van der Waals surface area contributed by atoms with Gasteiger partial charge in [-0.25, -0.2) is 15.0 Å². The molecular weight excluding hydrogens is 374 g/mol. The summed E-state index contributed by atoms with van der Waals surface area (Å²) in [5.41, 5.74) is 1.83. The molecule has 142 valence electrons. The topological polar surface area (TPSA) is 126 Å². The van der Waals surface area contributed by atoms with Crippen LogP contribution in [0.15, 0.2) is 36.9 Å². The first-order valence-corrected chi connectivity index (χ1v) is 8.75. The molecule has 3 aromatic rings. The number of fused-ring (bicyclic) bond motifs is 1. The third-order valence-electron chi connectivity index (χ3n) is 4.55. The van der Waals surface area contributed by atoms with Gasteiger partial charge in [0, 0.05) is 11.6 Å². The van der Waals surface area contributed by atoms with E-state index in [1.54, 1.807) is 0 Å². The maximum atomic E-state index is 10.2. The number of aliphatic hydroxyl groups excluding tert-OH is 3. The molecule has 4 atom stereocenters. The maximum Gasteiger partial charge on any atom is 0.167 e. The Morgan fingerprint density at radius 2 is 1.96 bits per heavy atom. The molecule has 27 heavy (non-hydrogen) atoms. The Hall–Kier alpha value is -2.30. The average Bonchev–Trinajstić information content (AvgIpc) is 3.23. The van der Waals surface area contributed by atoms with Crippen molar-refractivity contribution in [3.05, 3.63) is 47.5 Å². The fourth-order valence-electron chi connectivity index (χ4n) is 3.10. The number of ether oxygens (including phenoxy) is 1. The van der Waals surface area contributed by atoms with Gasteiger partial charge in [-0.3, -0.25) is 4.57 Å². The van der Waals surface area contributed by atoms with E-state index < -0.39 is 31.1 Å². The molecule has 4 N–H and O–H groups in total. The average molecular weight is 392 g/mol. The lowest BCUT2D eigenvalue weighted by atomic mass is 10.1. The van der Waals surface area contributed by atoms with Gasteiger partial charge in [0.05, 0.1) is 12.9 Å². The predicted molar refractivity (Wildman–Crippen MR) is 97.1 cm³/mol. The molecule has 1 aliphatic rings. The van der Waals surface area contributed by atoms with Crippen LogP contribution in [-0.4, -0.2) is 59.8 Å². The van der Waals surface area contributed by atoms with Crippen molar-refractivity contribution >= 4 is 28.6 Å². The first-order valence-electron chi connectivity index (χ1n) is 8.37. The highest BCUT2D eigenvalue weighted by Gasteiger charge is 2.44. The number of benzene rings is 1. The predicted octanol–water partition coefficient (Wildman–Crippen LogP) is 0.703. The SMILES string of the molecule is OC[C@H]1O[C@@H](n2cnc3c(NCc4ccccc4Cl)ncnc32)[C@H](O)[C@@H]1O. The van der Waals surface area contributed by atoms with Crippen molar-refractivity contribution in [2.24, 2.45) is 0 Å². The first kappa shape index (κ1) is 18.1. The van der Waals surface area contributed by atoms with Crippen LogP contribution < -0.4 is 5.32 Å². The molecule has 0 saturated carbocycles. The quantitative estimate of drug-likeness (QED) is 0.501. The molecule has 2 aromatic heterocycles. The van der Waals surface area contributed by atoms with Crippen molar-refractivity contribution in [3.63, 3.8) is 0 Å². The molecular formula is C17H18ClN5O4. The van der Waals surface area contributed by atoms with Gasteiger partial charge in [0.25, 0.3) is 0 Å². The van der Waals surface area contributed by atoms with Crippen molar-refractivity contribution in [2.75, 3.05) is 11.9 Å². The van der Waals surface area contributed by atoms with Gasteiger partial charge in [0.15, 0.2) is 23.2 Å². The highest BCUT2D eigenvalue weighted by Crippen LogP contribution is 2.32. The number of hydrogen-bond acceptors (Lipinski definition) is 8. The smallest absolute Gasteiger partial charge is 0.167 e. The van der Waals surface area contributed by atoms with E-state index >= 15 is 0 Å². The Balaban J connectivity index is 1.61. The molecule has 0 aliphatic carbocycles. The number of imidazole rings is 1. The molecule has 0 radical (unpaired) electrons. The van der Waals surface area contributed by atoms with Gasteiger partial charge in [-0.1, -0.05) is 29.8 Å². The molecule has 3 heterocycles. The lowest BCUT2D eigenvalue weighted by Gasteiger charge is -2.16. The summed E-state index contributed by atoms with van der Waals surface area (Å²) in [5, 5.41) is 33.3. The van der Waals surface area contributed by atoms with E-state index in [-0.39, 0.29) is 0 Å². The van der Waals surface area contributed by atoms with Crippen LogP contribution in [0.1, 0.15) is 11.8 Å². The molecule has 1 aromatic carbocycles. The van der Waals surface area contributed by atoms with Crippen LogP contribution in [-0.2, 0) is 11.3 Å². The summed E-state index contributed by atoms with van der Waals surface area (Å²) in [4.78, 5) is 12.8. The number of hydrogen-bond donors (Lipinski definition) is 4. The van der Waals surface area contributed by atoms with Gasteiger partial charge in [-0.15, -0.1) is 0 Å². The summed E-state index contributed by atoms with van der Waals surface area (Å²) in [6, 6.07) is 7.47. The number of nitrogens with zero attached hydrogens (tertiary/aromatic N) is 4. The summed E-state index contributed by atoms with van der Waals surface area (Å²) in [7, 11) is 0. The minimum absolute atomic E-state index is 0.402. The Morgan fingerprint density at radius 3 is 2.70 bits per heavy atom. The lowest BCUT2D eigenvalue weighted by molar-refractivity contribution is -0.0511. The third kappa shape index (κ3) is 3.24. The van der Waals surface area contributed by atoms with E-state index in [0.29, 0.717) is 28.5 Å². The molecule has 0 unspecified atom stereocenters. The second kappa shape index (κ2) is 7.37. The van der Waals surface area contributed by atoms with E-state index in [1.807, 2.05) is 24.3 Å². The Labute approximate surface area is 159 Å². The Bertz CT molecular complexity index is 952. The van der Waals surface area contributed by atoms with Crippen LogP contribution in [0.5, 0.6) is 0 Å². The van der Waals surface area contributed by atoms with Gasteiger partial charge in [0.1, 0.15) is 24.6 Å². The molecule has 10 heteroatoms. The minimum atomic E-state index is -1.21. The van der Waals surface area contributed by atoms with Crippen LogP contribution in [0.3, 0.4) is 0 Å². The zero-order valence-electron chi connectivity index (χ0n) is 14.1. The molecule has 4 rings (SSSR count). The number of anilines is 1. The van der Waals surface area contributed by atoms with E-state index in [2.05, 4.69) is 20.3 Å². The normalized spacial score (nSPS) is 25.2. The minimum Gasteiger partial charge on any atom is -0.394 e.